The molecule has 24 heavy (non-hydrogen) atoms. The highest BCUT2D eigenvalue weighted by Crippen LogP contribution is 2.24. The van der Waals surface area contributed by atoms with Gasteiger partial charge in [-0.1, -0.05) is 18.2 Å². The summed E-state index contributed by atoms with van der Waals surface area (Å²) in [6.07, 6.45) is 0.0118. The molecule has 0 aliphatic rings. The van der Waals surface area contributed by atoms with Crippen molar-refractivity contribution >= 4 is 23.2 Å². The topological polar surface area (TPSA) is 93.4 Å². The largest absolute Gasteiger partial charge is 0.489 e. The fourth-order valence-corrected chi connectivity index (χ4v) is 2.09. The quantitative estimate of drug-likeness (QED) is 0.729. The molecule has 0 aromatic heterocycles. The van der Waals surface area contributed by atoms with E-state index in [4.69, 9.17) is 10.5 Å². The molecule has 0 spiro atoms. The lowest BCUT2D eigenvalue weighted by Crippen LogP contribution is -2.22. The molecule has 0 saturated heterocycles. The van der Waals surface area contributed by atoms with Crippen molar-refractivity contribution in [3.05, 3.63) is 54.1 Å². The normalized spacial score (nSPS) is 10.3. The van der Waals surface area contributed by atoms with E-state index in [1.165, 1.54) is 0 Å². The number of primary amides is 1. The van der Waals surface area contributed by atoms with Gasteiger partial charge in [0.2, 0.25) is 11.8 Å². The third kappa shape index (κ3) is 5.01. The van der Waals surface area contributed by atoms with Crippen LogP contribution in [0, 0.1) is 0 Å². The van der Waals surface area contributed by atoms with Crippen molar-refractivity contribution in [3.63, 3.8) is 0 Å². The minimum absolute atomic E-state index is 0.0118. The Morgan fingerprint density at radius 2 is 1.88 bits per heavy atom. The summed E-state index contributed by atoms with van der Waals surface area (Å²) in [5.74, 6) is -0.112. The number of amides is 2. The zero-order valence-corrected chi connectivity index (χ0v) is 13.7. The molecule has 0 atom stereocenters. The van der Waals surface area contributed by atoms with Crippen LogP contribution in [-0.2, 0) is 4.79 Å². The first-order valence-electron chi connectivity index (χ1n) is 7.65. The van der Waals surface area contributed by atoms with Crippen LogP contribution in [0.5, 0.6) is 5.75 Å². The number of carbonyl (C=O) groups excluding carboxylic acids is 2. The summed E-state index contributed by atoms with van der Waals surface area (Å²) >= 11 is 0. The maximum absolute atomic E-state index is 12.1. The van der Waals surface area contributed by atoms with Gasteiger partial charge in [-0.3, -0.25) is 9.59 Å². The molecule has 0 aliphatic carbocycles. The minimum atomic E-state index is -0.511. The summed E-state index contributed by atoms with van der Waals surface area (Å²) in [6, 6.07) is 13.9. The predicted molar refractivity (Wildman–Crippen MR) is 94.3 cm³/mol. The Morgan fingerprint density at radius 1 is 1.12 bits per heavy atom. The van der Waals surface area contributed by atoms with E-state index in [1.807, 2.05) is 26.0 Å². The lowest BCUT2D eigenvalue weighted by atomic mass is 10.2. The molecule has 126 valence electrons. The molecule has 0 bridgehead atoms. The Labute approximate surface area is 141 Å². The van der Waals surface area contributed by atoms with Crippen LogP contribution < -0.4 is 21.1 Å². The van der Waals surface area contributed by atoms with Crippen LogP contribution in [-0.4, -0.2) is 24.5 Å². The average molecular weight is 327 g/mol. The van der Waals surface area contributed by atoms with Gasteiger partial charge < -0.3 is 21.1 Å². The number of para-hydroxylation sites is 2. The van der Waals surface area contributed by atoms with Gasteiger partial charge in [0.1, 0.15) is 5.75 Å². The number of nitrogens with one attached hydrogen (secondary N) is 2. The van der Waals surface area contributed by atoms with Gasteiger partial charge in [-0.15, -0.1) is 0 Å². The molecular formula is C18H21N3O3. The van der Waals surface area contributed by atoms with E-state index in [0.717, 1.165) is 0 Å². The molecule has 2 aromatic carbocycles. The maximum Gasteiger partial charge on any atom is 0.248 e. The van der Waals surface area contributed by atoms with Gasteiger partial charge in [0.15, 0.2) is 0 Å². The van der Waals surface area contributed by atoms with Crippen molar-refractivity contribution in [2.45, 2.75) is 20.0 Å². The van der Waals surface area contributed by atoms with Gasteiger partial charge in [-0.05, 0) is 44.2 Å². The van der Waals surface area contributed by atoms with Gasteiger partial charge in [-0.25, -0.2) is 0 Å². The van der Waals surface area contributed by atoms with Crippen molar-refractivity contribution in [1.29, 1.82) is 0 Å². The van der Waals surface area contributed by atoms with Crippen LogP contribution >= 0.6 is 0 Å². The minimum Gasteiger partial charge on any atom is -0.489 e. The number of nitrogens with two attached hydrogens (primary N) is 1. The van der Waals surface area contributed by atoms with Crippen LogP contribution in [0.1, 0.15) is 24.2 Å². The standard InChI is InChI=1S/C18H21N3O3/c1-12(2)24-16-9-4-3-8-15(16)21-17(22)11-20-14-7-5-6-13(10-14)18(19)23/h3-10,12,20H,11H2,1-2H3,(H2,19,23)(H,21,22). The van der Waals surface area contributed by atoms with E-state index in [0.29, 0.717) is 22.7 Å². The molecule has 0 unspecified atom stereocenters. The second-order valence-corrected chi connectivity index (χ2v) is 5.51. The summed E-state index contributed by atoms with van der Waals surface area (Å²) in [7, 11) is 0. The lowest BCUT2D eigenvalue weighted by Gasteiger charge is -2.15. The van der Waals surface area contributed by atoms with Crippen LogP contribution in [0.4, 0.5) is 11.4 Å². The van der Waals surface area contributed by atoms with Crippen molar-refractivity contribution in [2.75, 3.05) is 17.2 Å². The van der Waals surface area contributed by atoms with Gasteiger partial charge in [-0.2, -0.15) is 0 Å². The highest BCUT2D eigenvalue weighted by molar-refractivity contribution is 5.96. The summed E-state index contributed by atoms with van der Waals surface area (Å²) in [5, 5.41) is 5.76. The Bertz CT molecular complexity index is 729. The monoisotopic (exact) mass is 327 g/mol. The Kier molecular flexibility index (Phi) is 5.78. The Morgan fingerprint density at radius 3 is 2.58 bits per heavy atom. The highest BCUT2D eigenvalue weighted by atomic mass is 16.5. The van der Waals surface area contributed by atoms with Gasteiger partial charge in [0.05, 0.1) is 18.3 Å². The smallest absolute Gasteiger partial charge is 0.248 e. The summed E-state index contributed by atoms with van der Waals surface area (Å²) in [6.45, 7) is 3.90. The van der Waals surface area contributed by atoms with E-state index < -0.39 is 5.91 Å². The second kappa shape index (κ2) is 8.01. The summed E-state index contributed by atoms with van der Waals surface area (Å²) in [4.78, 5) is 23.3. The van der Waals surface area contributed by atoms with E-state index >= 15 is 0 Å². The number of rotatable bonds is 7. The fourth-order valence-electron chi connectivity index (χ4n) is 2.09. The fraction of sp³-hybridized carbons (Fsp3) is 0.222. The molecule has 2 rings (SSSR count). The zero-order valence-electron chi connectivity index (χ0n) is 13.7. The molecule has 0 radical (unpaired) electrons. The molecule has 0 saturated carbocycles. The van der Waals surface area contributed by atoms with E-state index in [1.54, 1.807) is 36.4 Å². The summed E-state index contributed by atoms with van der Waals surface area (Å²) in [5.41, 5.74) is 6.88. The van der Waals surface area contributed by atoms with Crippen LogP contribution in [0.3, 0.4) is 0 Å². The molecule has 0 fully saturated rings. The molecule has 0 aliphatic heterocycles. The molecule has 2 aromatic rings. The van der Waals surface area contributed by atoms with Gasteiger partial charge >= 0.3 is 0 Å². The molecule has 2 amide bonds. The third-order valence-corrected chi connectivity index (χ3v) is 3.12. The lowest BCUT2D eigenvalue weighted by molar-refractivity contribution is -0.114. The second-order valence-electron chi connectivity index (χ2n) is 5.51. The molecule has 4 N–H and O–H groups in total. The van der Waals surface area contributed by atoms with E-state index in [2.05, 4.69) is 10.6 Å². The molecule has 0 heterocycles. The SMILES string of the molecule is CC(C)Oc1ccccc1NC(=O)CNc1cccc(C(N)=O)c1. The number of anilines is 2. The Balaban J connectivity index is 1.97. The number of hydrogen-bond acceptors (Lipinski definition) is 4. The van der Waals surface area contributed by atoms with Crippen LogP contribution in [0.2, 0.25) is 0 Å². The first-order chi connectivity index (χ1) is 11.5. The van der Waals surface area contributed by atoms with Crippen molar-refractivity contribution in [3.8, 4) is 5.75 Å². The Hall–Kier alpha value is -3.02. The van der Waals surface area contributed by atoms with Gasteiger partial charge in [0.25, 0.3) is 0 Å². The van der Waals surface area contributed by atoms with Crippen molar-refractivity contribution in [2.24, 2.45) is 5.73 Å². The first-order valence-corrected chi connectivity index (χ1v) is 7.65. The average Bonchev–Trinajstić information content (AvgIpc) is 2.54. The van der Waals surface area contributed by atoms with Crippen molar-refractivity contribution < 1.29 is 14.3 Å². The number of hydrogen-bond donors (Lipinski definition) is 3. The number of carbonyl (C=O) groups is 2. The summed E-state index contributed by atoms with van der Waals surface area (Å²) < 4.78 is 5.66. The zero-order chi connectivity index (χ0) is 17.5. The van der Waals surface area contributed by atoms with E-state index in [-0.39, 0.29) is 18.6 Å². The van der Waals surface area contributed by atoms with Crippen LogP contribution in [0.15, 0.2) is 48.5 Å². The molecular weight excluding hydrogens is 306 g/mol. The predicted octanol–water partition coefficient (Wildman–Crippen LogP) is 2.62. The number of benzene rings is 2. The van der Waals surface area contributed by atoms with Crippen LogP contribution in [0.25, 0.3) is 0 Å². The molecule has 6 nitrogen and oxygen atoms in total. The highest BCUT2D eigenvalue weighted by Gasteiger charge is 2.09. The third-order valence-electron chi connectivity index (χ3n) is 3.12. The van der Waals surface area contributed by atoms with Gasteiger partial charge in [0, 0.05) is 11.3 Å². The molecule has 6 heteroatoms. The van der Waals surface area contributed by atoms with E-state index in [9.17, 15) is 9.59 Å². The maximum atomic E-state index is 12.1. The van der Waals surface area contributed by atoms with Crippen molar-refractivity contribution in [1.82, 2.24) is 0 Å². The first kappa shape index (κ1) is 17.3. The number of ether oxygens (including phenoxy) is 1.